The lowest BCUT2D eigenvalue weighted by atomic mass is 9.99. The summed E-state index contributed by atoms with van der Waals surface area (Å²) >= 11 is 12.2. The summed E-state index contributed by atoms with van der Waals surface area (Å²) in [5.41, 5.74) is 4.42. The first-order valence-corrected chi connectivity index (χ1v) is 14.7. The van der Waals surface area contributed by atoms with Gasteiger partial charge >= 0.3 is 6.03 Å². The van der Waals surface area contributed by atoms with Crippen LogP contribution in [-0.2, 0) is 24.3 Å². The highest BCUT2D eigenvalue weighted by Crippen LogP contribution is 2.29. The Morgan fingerprint density at radius 3 is 2.27 bits per heavy atom. The van der Waals surface area contributed by atoms with Crippen molar-refractivity contribution in [3.8, 4) is 28.1 Å². The number of amides is 3. The van der Waals surface area contributed by atoms with E-state index in [2.05, 4.69) is 26.0 Å². The standard InChI is InChI=1S/C33H28Cl2N6O4/c1-2-41-32(44)29(38-33(45)39-31-26(34)18-36-19-27(31)35)16-28(40-41)24-7-4-6-23(15-24)22-11-9-20(10-12-22)14-30(43)37-17-21-5-3-8-25(42)13-21/h3-13,15-16,18-19,42H,2,14,17H2,1H3,(H,37,43)(H2,36,38,39,45). The first-order valence-electron chi connectivity index (χ1n) is 13.9. The number of pyridine rings is 1. The number of phenols is 1. The average molecular weight is 644 g/mol. The van der Waals surface area contributed by atoms with Crippen LogP contribution >= 0.6 is 23.2 Å². The molecule has 10 nitrogen and oxygen atoms in total. The van der Waals surface area contributed by atoms with E-state index in [4.69, 9.17) is 23.2 Å². The number of rotatable bonds is 9. The second-order valence-corrected chi connectivity index (χ2v) is 10.8. The van der Waals surface area contributed by atoms with Crippen molar-refractivity contribution < 1.29 is 14.7 Å². The van der Waals surface area contributed by atoms with Gasteiger partial charge in [0.25, 0.3) is 5.56 Å². The van der Waals surface area contributed by atoms with Gasteiger partial charge in [-0.25, -0.2) is 9.48 Å². The molecule has 0 spiro atoms. The highest BCUT2D eigenvalue weighted by molar-refractivity contribution is 6.39. The Bertz CT molecular complexity index is 1910. The van der Waals surface area contributed by atoms with Gasteiger partial charge in [-0.2, -0.15) is 5.10 Å². The molecule has 0 aliphatic rings. The molecule has 5 rings (SSSR count). The van der Waals surface area contributed by atoms with Crippen LogP contribution < -0.4 is 21.5 Å². The lowest BCUT2D eigenvalue weighted by Crippen LogP contribution is -2.29. The third kappa shape index (κ3) is 7.86. The number of carbonyl (C=O) groups excluding carboxylic acids is 2. The molecule has 2 aromatic heterocycles. The molecule has 45 heavy (non-hydrogen) atoms. The summed E-state index contributed by atoms with van der Waals surface area (Å²) in [5.74, 6) is 0.0254. The van der Waals surface area contributed by atoms with Crippen LogP contribution in [0.2, 0.25) is 10.0 Å². The number of aryl methyl sites for hydroxylation is 1. The Balaban J connectivity index is 1.30. The number of nitrogens with one attached hydrogen (secondary N) is 3. The van der Waals surface area contributed by atoms with Crippen molar-refractivity contribution in [3.63, 3.8) is 0 Å². The number of hydrogen-bond donors (Lipinski definition) is 4. The summed E-state index contributed by atoms with van der Waals surface area (Å²) in [6.45, 7) is 2.39. The maximum Gasteiger partial charge on any atom is 0.323 e. The fourth-order valence-corrected chi connectivity index (χ4v) is 5.03. The van der Waals surface area contributed by atoms with Crippen molar-refractivity contribution in [2.24, 2.45) is 0 Å². The Labute approximate surface area is 268 Å². The molecule has 0 aliphatic carbocycles. The first-order chi connectivity index (χ1) is 21.7. The van der Waals surface area contributed by atoms with Crippen LogP contribution in [0.15, 0.2) is 96.1 Å². The summed E-state index contributed by atoms with van der Waals surface area (Å²) in [5, 5.41) is 22.4. The van der Waals surface area contributed by atoms with E-state index in [9.17, 15) is 19.5 Å². The van der Waals surface area contributed by atoms with Crippen LogP contribution in [0.25, 0.3) is 22.4 Å². The number of nitrogens with zero attached hydrogens (tertiary/aromatic N) is 3. The van der Waals surface area contributed by atoms with Crippen LogP contribution in [0.3, 0.4) is 0 Å². The van der Waals surface area contributed by atoms with Crippen molar-refractivity contribution in [1.29, 1.82) is 0 Å². The molecule has 0 saturated carbocycles. The number of aromatic nitrogens is 3. The molecule has 2 heterocycles. The van der Waals surface area contributed by atoms with E-state index in [1.54, 1.807) is 25.1 Å². The van der Waals surface area contributed by atoms with Crippen LogP contribution in [0, 0.1) is 0 Å². The van der Waals surface area contributed by atoms with Gasteiger partial charge in [-0.05, 0) is 53.4 Å². The molecule has 0 radical (unpaired) electrons. The number of urea groups is 1. The zero-order valence-electron chi connectivity index (χ0n) is 24.1. The fraction of sp³-hybridized carbons (Fsp3) is 0.121. The van der Waals surface area contributed by atoms with Crippen molar-refractivity contribution in [2.45, 2.75) is 26.4 Å². The van der Waals surface area contributed by atoms with Gasteiger partial charge in [0.2, 0.25) is 5.91 Å². The maximum absolute atomic E-state index is 13.0. The molecule has 0 fully saturated rings. The van der Waals surface area contributed by atoms with Gasteiger partial charge in [0, 0.05) is 31.0 Å². The van der Waals surface area contributed by atoms with Crippen molar-refractivity contribution in [2.75, 3.05) is 10.6 Å². The summed E-state index contributed by atoms with van der Waals surface area (Å²) < 4.78 is 1.27. The SMILES string of the molecule is CCn1nc(-c2cccc(-c3ccc(CC(=O)NCc4cccc(O)c4)cc3)c2)cc(NC(=O)Nc2c(Cl)cncc2Cl)c1=O. The van der Waals surface area contributed by atoms with Gasteiger partial charge in [0.15, 0.2) is 0 Å². The highest BCUT2D eigenvalue weighted by Gasteiger charge is 2.15. The third-order valence-corrected chi connectivity index (χ3v) is 7.40. The number of benzene rings is 3. The average Bonchev–Trinajstić information content (AvgIpc) is 3.03. The summed E-state index contributed by atoms with van der Waals surface area (Å²) in [7, 11) is 0. The summed E-state index contributed by atoms with van der Waals surface area (Å²) in [4.78, 5) is 42.1. The smallest absolute Gasteiger partial charge is 0.323 e. The second-order valence-electron chi connectivity index (χ2n) is 10.0. The van der Waals surface area contributed by atoms with E-state index >= 15 is 0 Å². The predicted octanol–water partition coefficient (Wildman–Crippen LogP) is 6.51. The lowest BCUT2D eigenvalue weighted by Gasteiger charge is -2.13. The van der Waals surface area contributed by atoms with Crippen molar-refractivity contribution in [1.82, 2.24) is 20.1 Å². The molecule has 3 amide bonds. The van der Waals surface area contributed by atoms with Crippen LogP contribution in [0.4, 0.5) is 16.2 Å². The summed E-state index contributed by atoms with van der Waals surface area (Å²) in [6.07, 6.45) is 2.90. The molecule has 0 bridgehead atoms. The van der Waals surface area contributed by atoms with E-state index in [1.807, 2.05) is 54.6 Å². The van der Waals surface area contributed by atoms with Crippen molar-refractivity contribution >= 4 is 46.5 Å². The number of halogens is 2. The zero-order valence-corrected chi connectivity index (χ0v) is 25.6. The van der Waals surface area contributed by atoms with Crippen molar-refractivity contribution in [3.05, 3.63) is 123 Å². The number of carbonyl (C=O) groups is 2. The molecule has 0 saturated heterocycles. The number of anilines is 2. The van der Waals surface area contributed by atoms with Crippen LogP contribution in [0.1, 0.15) is 18.1 Å². The Kier molecular flexibility index (Phi) is 9.76. The van der Waals surface area contributed by atoms with Gasteiger partial charge < -0.3 is 21.1 Å². The molecule has 4 N–H and O–H groups in total. The van der Waals surface area contributed by atoms with E-state index in [1.165, 1.54) is 23.1 Å². The first kappa shape index (κ1) is 31.2. The number of hydrogen-bond acceptors (Lipinski definition) is 6. The summed E-state index contributed by atoms with van der Waals surface area (Å²) in [6, 6.07) is 22.9. The van der Waals surface area contributed by atoms with Gasteiger partial charge in [0.1, 0.15) is 11.4 Å². The highest BCUT2D eigenvalue weighted by atomic mass is 35.5. The Morgan fingerprint density at radius 2 is 1.56 bits per heavy atom. The van der Waals surface area contributed by atoms with E-state index in [0.717, 1.165) is 27.8 Å². The van der Waals surface area contributed by atoms with Gasteiger partial charge in [-0.3, -0.25) is 14.6 Å². The Hall–Kier alpha value is -5.19. The lowest BCUT2D eigenvalue weighted by molar-refractivity contribution is -0.120. The minimum atomic E-state index is -0.705. The predicted molar refractivity (Wildman–Crippen MR) is 176 cm³/mol. The topological polar surface area (TPSA) is 138 Å². The van der Waals surface area contributed by atoms with Gasteiger partial charge in [0.05, 0.1) is 27.8 Å². The molecular formula is C33H28Cl2N6O4. The van der Waals surface area contributed by atoms with Crippen LogP contribution in [0.5, 0.6) is 5.75 Å². The minimum Gasteiger partial charge on any atom is -0.508 e. The molecule has 0 aliphatic heterocycles. The van der Waals surface area contributed by atoms with E-state index < -0.39 is 11.6 Å². The zero-order chi connectivity index (χ0) is 31.9. The van der Waals surface area contributed by atoms with E-state index in [0.29, 0.717) is 12.2 Å². The second kappa shape index (κ2) is 14.1. The molecule has 5 aromatic rings. The third-order valence-electron chi connectivity index (χ3n) is 6.82. The normalized spacial score (nSPS) is 10.7. The Morgan fingerprint density at radius 1 is 0.844 bits per heavy atom. The molecular weight excluding hydrogens is 615 g/mol. The fourth-order valence-electron chi connectivity index (χ4n) is 4.57. The molecule has 3 aromatic carbocycles. The maximum atomic E-state index is 13.0. The molecule has 12 heteroatoms. The van der Waals surface area contributed by atoms with E-state index in [-0.39, 0.29) is 46.0 Å². The molecule has 0 unspecified atom stereocenters. The quantitative estimate of drug-likeness (QED) is 0.145. The minimum absolute atomic E-state index is 0.0257. The molecule has 228 valence electrons. The van der Waals surface area contributed by atoms with Crippen LogP contribution in [-0.4, -0.2) is 31.8 Å². The largest absolute Gasteiger partial charge is 0.508 e. The van der Waals surface area contributed by atoms with Gasteiger partial charge in [-0.1, -0.05) is 77.8 Å². The molecule has 0 atom stereocenters. The monoisotopic (exact) mass is 642 g/mol. The van der Waals surface area contributed by atoms with Gasteiger partial charge in [-0.15, -0.1) is 0 Å². The number of aromatic hydroxyl groups is 1. The number of phenolic OH excluding ortho intramolecular Hbond substituents is 1.